The van der Waals surface area contributed by atoms with Crippen LogP contribution < -0.4 is 10.1 Å². The number of carbonyl (C=O) groups is 2. The second-order valence-corrected chi connectivity index (χ2v) is 4.22. The summed E-state index contributed by atoms with van der Waals surface area (Å²) in [4.78, 5) is 24.6. The quantitative estimate of drug-likeness (QED) is 0.583. The van der Waals surface area contributed by atoms with Crippen molar-refractivity contribution in [2.24, 2.45) is 0 Å². The highest BCUT2D eigenvalue weighted by Crippen LogP contribution is 2.21. The molecule has 1 aromatic rings. The van der Waals surface area contributed by atoms with E-state index in [9.17, 15) is 9.59 Å². The van der Waals surface area contributed by atoms with Gasteiger partial charge in [0.15, 0.2) is 0 Å². The molecular weight excluding hydrogens is 272 g/mol. The van der Waals surface area contributed by atoms with E-state index in [4.69, 9.17) is 16.3 Å². The van der Waals surface area contributed by atoms with E-state index in [1.165, 1.54) is 6.08 Å². The van der Waals surface area contributed by atoms with Crippen molar-refractivity contribution < 1.29 is 19.4 Å². The summed E-state index contributed by atoms with van der Waals surface area (Å²) in [6.07, 6.45) is 6.32. The van der Waals surface area contributed by atoms with Crippen LogP contribution >= 0.6 is 0 Å². The van der Waals surface area contributed by atoms with E-state index in [-0.39, 0.29) is 25.5 Å². The summed E-state index contributed by atoms with van der Waals surface area (Å²) in [7, 11) is 0. The van der Waals surface area contributed by atoms with Gasteiger partial charge in [0.2, 0.25) is 0 Å². The molecule has 1 aliphatic heterocycles. The molecule has 0 spiro atoms. The smallest absolute Gasteiger partial charge is 0.277 e. The molecule has 0 unspecified atom stereocenters. The Balaban J connectivity index is 2.09. The van der Waals surface area contributed by atoms with Gasteiger partial charge in [0, 0.05) is 17.8 Å². The molecular formula is C15H14N2O4. The van der Waals surface area contributed by atoms with E-state index >= 15 is 0 Å². The van der Waals surface area contributed by atoms with Crippen LogP contribution in [0.2, 0.25) is 0 Å². The number of hydrogen-bond donors (Lipinski definition) is 2. The number of rotatable bonds is 6. The highest BCUT2D eigenvalue weighted by molar-refractivity contribution is 6.17. The molecule has 6 nitrogen and oxygen atoms in total. The topological polar surface area (TPSA) is 78.9 Å². The van der Waals surface area contributed by atoms with Crippen LogP contribution in [-0.4, -0.2) is 41.6 Å². The first-order chi connectivity index (χ1) is 10.2. The van der Waals surface area contributed by atoms with Crippen molar-refractivity contribution in [2.75, 3.05) is 25.1 Å². The summed E-state index contributed by atoms with van der Waals surface area (Å²) >= 11 is 0. The van der Waals surface area contributed by atoms with Gasteiger partial charge in [-0.25, -0.2) is 0 Å². The molecule has 2 amide bonds. The summed E-state index contributed by atoms with van der Waals surface area (Å²) in [5.41, 5.74) is 0.755. The molecule has 0 aromatic heterocycles. The number of amides is 2. The Morgan fingerprint density at radius 2 is 2.19 bits per heavy atom. The van der Waals surface area contributed by atoms with Gasteiger partial charge >= 0.3 is 0 Å². The fraction of sp³-hybridized carbons (Fsp3) is 0.200. The maximum absolute atomic E-state index is 12.0. The zero-order valence-electron chi connectivity index (χ0n) is 11.2. The lowest BCUT2D eigenvalue weighted by atomic mass is 10.3. The molecule has 108 valence electrons. The number of nitrogens with zero attached hydrogens (tertiary/aromatic N) is 1. The first kappa shape index (κ1) is 14.6. The fourth-order valence-electron chi connectivity index (χ4n) is 1.85. The number of hydrogen-bond acceptors (Lipinski definition) is 5. The van der Waals surface area contributed by atoms with E-state index in [1.807, 2.05) is 0 Å². The zero-order chi connectivity index (χ0) is 15.2. The molecule has 1 aliphatic rings. The van der Waals surface area contributed by atoms with E-state index in [2.05, 4.69) is 11.2 Å². The van der Waals surface area contributed by atoms with Crippen molar-refractivity contribution in [3.63, 3.8) is 0 Å². The van der Waals surface area contributed by atoms with E-state index < -0.39 is 11.8 Å². The van der Waals surface area contributed by atoms with Crippen molar-refractivity contribution in [3.8, 4) is 18.1 Å². The minimum atomic E-state index is -0.469. The molecule has 0 aliphatic carbocycles. The second-order valence-electron chi connectivity index (χ2n) is 4.22. The lowest BCUT2D eigenvalue weighted by molar-refractivity contribution is -0.137. The number of benzene rings is 1. The van der Waals surface area contributed by atoms with Gasteiger partial charge in [-0.3, -0.25) is 14.5 Å². The van der Waals surface area contributed by atoms with Gasteiger partial charge in [0.1, 0.15) is 18.1 Å². The van der Waals surface area contributed by atoms with Crippen molar-refractivity contribution >= 4 is 17.5 Å². The number of anilines is 1. The Morgan fingerprint density at radius 3 is 2.90 bits per heavy atom. The first-order valence-electron chi connectivity index (χ1n) is 6.27. The number of carbonyl (C=O) groups excluding carboxylic acids is 2. The van der Waals surface area contributed by atoms with Gasteiger partial charge in [0.25, 0.3) is 11.8 Å². The Hall–Kier alpha value is -2.78. The van der Waals surface area contributed by atoms with Gasteiger partial charge in [-0.2, -0.15) is 0 Å². The van der Waals surface area contributed by atoms with Crippen LogP contribution in [0.4, 0.5) is 5.69 Å². The summed E-state index contributed by atoms with van der Waals surface area (Å²) in [5, 5.41) is 11.7. The molecule has 2 rings (SSSR count). The predicted molar refractivity (Wildman–Crippen MR) is 76.3 cm³/mol. The molecule has 6 heteroatoms. The van der Waals surface area contributed by atoms with Crippen LogP contribution in [0.3, 0.4) is 0 Å². The third-order valence-electron chi connectivity index (χ3n) is 2.77. The molecule has 0 saturated carbocycles. The van der Waals surface area contributed by atoms with Crippen molar-refractivity contribution in [2.45, 2.75) is 0 Å². The van der Waals surface area contributed by atoms with Gasteiger partial charge in [-0.05, 0) is 12.1 Å². The van der Waals surface area contributed by atoms with Crippen molar-refractivity contribution in [1.29, 1.82) is 0 Å². The van der Waals surface area contributed by atoms with E-state index in [0.29, 0.717) is 11.4 Å². The lowest BCUT2D eigenvalue weighted by Crippen LogP contribution is -2.34. The number of ether oxygens (including phenoxy) is 1. The van der Waals surface area contributed by atoms with Crippen LogP contribution in [0.1, 0.15) is 0 Å². The van der Waals surface area contributed by atoms with Crippen molar-refractivity contribution in [1.82, 2.24) is 4.90 Å². The minimum Gasteiger partial charge on any atom is -0.481 e. The van der Waals surface area contributed by atoms with Crippen molar-refractivity contribution in [3.05, 3.63) is 36.0 Å². The van der Waals surface area contributed by atoms with Gasteiger partial charge in [-0.15, -0.1) is 6.42 Å². The highest BCUT2D eigenvalue weighted by Gasteiger charge is 2.30. The Kier molecular flexibility index (Phi) is 4.59. The molecule has 21 heavy (non-hydrogen) atoms. The number of aliphatic hydroxyl groups is 1. The van der Waals surface area contributed by atoms with Gasteiger partial charge in [0.05, 0.1) is 13.2 Å². The van der Waals surface area contributed by atoms with E-state index in [1.54, 1.807) is 24.3 Å². The summed E-state index contributed by atoms with van der Waals surface area (Å²) < 4.78 is 5.28. The third-order valence-corrected chi connectivity index (χ3v) is 2.77. The van der Waals surface area contributed by atoms with Crippen LogP contribution in [0.5, 0.6) is 5.75 Å². The maximum Gasteiger partial charge on any atom is 0.277 e. The largest absolute Gasteiger partial charge is 0.481 e. The van der Waals surface area contributed by atoms with Gasteiger partial charge in [-0.1, -0.05) is 12.0 Å². The number of β-amino-alcohol motifs (C(OH)–C–C–N with tert-alkyl or cyclic N) is 1. The second kappa shape index (κ2) is 6.59. The average molecular weight is 286 g/mol. The summed E-state index contributed by atoms with van der Waals surface area (Å²) in [6, 6.07) is 6.87. The molecule has 2 N–H and O–H groups in total. The normalized spacial score (nSPS) is 13.9. The summed E-state index contributed by atoms with van der Waals surface area (Å²) in [6.45, 7) is -0.146. The molecule has 1 aromatic carbocycles. The highest BCUT2D eigenvalue weighted by atomic mass is 16.5. The minimum absolute atomic E-state index is 0.0231. The number of terminal acetylenes is 1. The molecule has 0 radical (unpaired) electrons. The third kappa shape index (κ3) is 3.41. The number of aliphatic hydroxyl groups excluding tert-OH is 1. The van der Waals surface area contributed by atoms with Crippen LogP contribution in [0.15, 0.2) is 36.0 Å². The van der Waals surface area contributed by atoms with Crippen LogP contribution in [0.25, 0.3) is 0 Å². The SMILES string of the molecule is C#CCOc1cccc(NC2=CC(=O)N(CCO)C2=O)c1. The average Bonchev–Trinajstić information content (AvgIpc) is 2.73. The molecule has 0 fully saturated rings. The predicted octanol–water partition coefficient (Wildman–Crippen LogP) is 0.355. The standard InChI is InChI=1S/C15H14N2O4/c1-2-8-21-12-5-3-4-11(9-12)16-13-10-14(19)17(6-7-18)15(13)20/h1,3-5,9-10,16,18H,6-8H2. The molecule has 1 heterocycles. The zero-order valence-corrected chi connectivity index (χ0v) is 11.2. The van der Waals surface area contributed by atoms with Crippen LogP contribution in [-0.2, 0) is 9.59 Å². The Labute approximate surface area is 122 Å². The first-order valence-corrected chi connectivity index (χ1v) is 6.27. The molecule has 0 atom stereocenters. The summed E-state index contributed by atoms with van der Waals surface area (Å²) in [5.74, 6) is 2.00. The number of imide groups is 1. The van der Waals surface area contributed by atoms with Crippen LogP contribution in [0, 0.1) is 12.3 Å². The number of nitrogens with one attached hydrogen (secondary N) is 1. The Bertz CT molecular complexity index is 631. The fourth-order valence-corrected chi connectivity index (χ4v) is 1.85. The van der Waals surface area contributed by atoms with E-state index in [0.717, 1.165) is 4.90 Å². The molecule has 0 saturated heterocycles. The van der Waals surface area contributed by atoms with Gasteiger partial charge < -0.3 is 15.2 Å². The lowest BCUT2D eigenvalue weighted by Gasteiger charge is -2.13. The molecule has 0 bridgehead atoms. The maximum atomic E-state index is 12.0. The Morgan fingerprint density at radius 1 is 1.38 bits per heavy atom. The monoisotopic (exact) mass is 286 g/mol.